The molecule has 0 saturated heterocycles. The van der Waals surface area contributed by atoms with Crippen LogP contribution >= 0.6 is 11.6 Å². The Balaban J connectivity index is 2.12. The predicted molar refractivity (Wildman–Crippen MR) is 68.3 cm³/mol. The molecule has 0 saturated carbocycles. The highest BCUT2D eigenvalue weighted by atomic mass is 35.5. The van der Waals surface area contributed by atoms with Crippen molar-refractivity contribution in [2.45, 2.75) is 6.54 Å². The lowest BCUT2D eigenvalue weighted by molar-refractivity contribution is 0.0780. The standard InChI is InChI=1S/C12H13ClN4O/c1-16-6-5-15-11(16)8-17(2)12(18)9-3-4-14-10(13)7-9/h3-7H,8H2,1-2H3. The Morgan fingerprint density at radius 3 is 2.83 bits per heavy atom. The maximum atomic E-state index is 12.1. The molecule has 0 N–H and O–H groups in total. The number of pyridine rings is 1. The summed E-state index contributed by atoms with van der Waals surface area (Å²) >= 11 is 5.76. The molecule has 0 spiro atoms. The van der Waals surface area contributed by atoms with E-state index in [-0.39, 0.29) is 5.91 Å². The highest BCUT2D eigenvalue weighted by Crippen LogP contribution is 2.10. The van der Waals surface area contributed by atoms with Crippen LogP contribution in [0.3, 0.4) is 0 Å². The van der Waals surface area contributed by atoms with Gasteiger partial charge in [0.2, 0.25) is 0 Å². The largest absolute Gasteiger partial charge is 0.337 e. The van der Waals surface area contributed by atoms with Gasteiger partial charge in [-0.1, -0.05) is 11.6 Å². The quantitative estimate of drug-likeness (QED) is 0.794. The summed E-state index contributed by atoms with van der Waals surface area (Å²) in [6.07, 6.45) is 5.07. The predicted octanol–water partition coefficient (Wildman–Crippen LogP) is 1.74. The first-order valence-corrected chi connectivity index (χ1v) is 5.79. The number of aryl methyl sites for hydroxylation is 1. The molecule has 94 valence electrons. The first-order valence-electron chi connectivity index (χ1n) is 5.41. The molecule has 0 aliphatic rings. The van der Waals surface area contributed by atoms with Crippen LogP contribution in [0, 0.1) is 0 Å². The van der Waals surface area contributed by atoms with E-state index in [9.17, 15) is 4.79 Å². The molecule has 6 heteroatoms. The second-order valence-electron chi connectivity index (χ2n) is 3.98. The number of hydrogen-bond acceptors (Lipinski definition) is 3. The van der Waals surface area contributed by atoms with Crippen molar-refractivity contribution in [1.29, 1.82) is 0 Å². The number of rotatable bonds is 3. The molecular formula is C12H13ClN4O. The van der Waals surface area contributed by atoms with Crippen molar-refractivity contribution in [1.82, 2.24) is 19.4 Å². The van der Waals surface area contributed by atoms with Crippen LogP contribution in [0.2, 0.25) is 5.15 Å². The van der Waals surface area contributed by atoms with Gasteiger partial charge in [-0.2, -0.15) is 0 Å². The third-order valence-electron chi connectivity index (χ3n) is 2.62. The Kier molecular flexibility index (Phi) is 3.62. The molecule has 2 aromatic rings. The number of aromatic nitrogens is 3. The van der Waals surface area contributed by atoms with E-state index in [0.29, 0.717) is 17.3 Å². The minimum atomic E-state index is -0.109. The van der Waals surface area contributed by atoms with Crippen LogP contribution in [0.4, 0.5) is 0 Å². The fourth-order valence-electron chi connectivity index (χ4n) is 1.59. The third kappa shape index (κ3) is 2.68. The van der Waals surface area contributed by atoms with Crippen molar-refractivity contribution in [3.05, 3.63) is 47.3 Å². The van der Waals surface area contributed by atoms with Gasteiger partial charge in [-0.15, -0.1) is 0 Å². The topological polar surface area (TPSA) is 51.0 Å². The van der Waals surface area contributed by atoms with Crippen molar-refractivity contribution in [2.24, 2.45) is 7.05 Å². The van der Waals surface area contributed by atoms with Gasteiger partial charge in [-0.05, 0) is 12.1 Å². The summed E-state index contributed by atoms with van der Waals surface area (Å²) in [5, 5.41) is 0.311. The molecule has 0 aromatic carbocycles. The number of nitrogens with zero attached hydrogens (tertiary/aromatic N) is 4. The molecule has 0 aliphatic heterocycles. The molecular weight excluding hydrogens is 252 g/mol. The number of hydrogen-bond donors (Lipinski definition) is 0. The van der Waals surface area contributed by atoms with E-state index in [1.807, 2.05) is 17.8 Å². The van der Waals surface area contributed by atoms with Crippen LogP contribution in [-0.2, 0) is 13.6 Å². The second kappa shape index (κ2) is 5.18. The normalized spacial score (nSPS) is 10.4. The van der Waals surface area contributed by atoms with Crippen LogP contribution in [-0.4, -0.2) is 32.4 Å². The maximum absolute atomic E-state index is 12.1. The van der Waals surface area contributed by atoms with Crippen LogP contribution in [0.15, 0.2) is 30.7 Å². The lowest BCUT2D eigenvalue weighted by Crippen LogP contribution is -2.27. The Hall–Kier alpha value is -1.88. The first-order chi connectivity index (χ1) is 8.58. The molecule has 0 unspecified atom stereocenters. The zero-order valence-corrected chi connectivity index (χ0v) is 10.9. The van der Waals surface area contributed by atoms with Gasteiger partial charge in [0.15, 0.2) is 0 Å². The van der Waals surface area contributed by atoms with E-state index < -0.39 is 0 Å². The summed E-state index contributed by atoms with van der Waals surface area (Å²) in [5.74, 6) is 0.716. The number of amides is 1. The van der Waals surface area contributed by atoms with E-state index in [1.54, 1.807) is 30.3 Å². The van der Waals surface area contributed by atoms with Gasteiger partial charge in [0.25, 0.3) is 5.91 Å². The monoisotopic (exact) mass is 264 g/mol. The van der Waals surface area contributed by atoms with Gasteiger partial charge in [-0.3, -0.25) is 4.79 Å². The van der Waals surface area contributed by atoms with Crippen molar-refractivity contribution >= 4 is 17.5 Å². The molecule has 18 heavy (non-hydrogen) atoms. The Labute approximate surface area is 110 Å². The zero-order chi connectivity index (χ0) is 13.1. The van der Waals surface area contributed by atoms with E-state index in [4.69, 9.17) is 11.6 Å². The van der Waals surface area contributed by atoms with Crippen LogP contribution in [0.25, 0.3) is 0 Å². The number of carbonyl (C=O) groups excluding carboxylic acids is 1. The molecule has 2 aromatic heterocycles. The minimum Gasteiger partial charge on any atom is -0.337 e. The van der Waals surface area contributed by atoms with Gasteiger partial charge >= 0.3 is 0 Å². The Morgan fingerprint density at radius 2 is 2.22 bits per heavy atom. The van der Waals surface area contributed by atoms with E-state index in [2.05, 4.69) is 9.97 Å². The summed E-state index contributed by atoms with van der Waals surface area (Å²) in [6.45, 7) is 0.447. The Morgan fingerprint density at radius 1 is 1.44 bits per heavy atom. The highest BCUT2D eigenvalue weighted by molar-refractivity contribution is 6.29. The molecule has 2 heterocycles. The molecule has 2 rings (SSSR count). The fraction of sp³-hybridized carbons (Fsp3) is 0.250. The van der Waals surface area contributed by atoms with Crippen molar-refractivity contribution < 1.29 is 4.79 Å². The molecule has 0 aliphatic carbocycles. The zero-order valence-electron chi connectivity index (χ0n) is 10.2. The van der Waals surface area contributed by atoms with Gasteiger partial charge in [0, 0.05) is 38.2 Å². The van der Waals surface area contributed by atoms with E-state index in [1.165, 1.54) is 6.20 Å². The lowest BCUT2D eigenvalue weighted by atomic mass is 10.2. The molecule has 0 atom stereocenters. The average Bonchev–Trinajstić information content (AvgIpc) is 2.74. The maximum Gasteiger partial charge on any atom is 0.254 e. The Bertz CT molecular complexity index is 567. The second-order valence-corrected chi connectivity index (χ2v) is 4.37. The van der Waals surface area contributed by atoms with Crippen molar-refractivity contribution in [2.75, 3.05) is 7.05 Å². The molecule has 0 fully saturated rings. The highest BCUT2D eigenvalue weighted by Gasteiger charge is 2.14. The van der Waals surface area contributed by atoms with Crippen LogP contribution in [0.1, 0.15) is 16.2 Å². The average molecular weight is 265 g/mol. The van der Waals surface area contributed by atoms with Crippen molar-refractivity contribution in [3.63, 3.8) is 0 Å². The summed E-state index contributed by atoms with van der Waals surface area (Å²) in [7, 11) is 3.62. The van der Waals surface area contributed by atoms with E-state index in [0.717, 1.165) is 5.82 Å². The number of halogens is 1. The molecule has 5 nitrogen and oxygen atoms in total. The molecule has 0 radical (unpaired) electrons. The summed E-state index contributed by atoms with van der Waals surface area (Å²) in [4.78, 5) is 21.8. The SMILES string of the molecule is CN(Cc1nccn1C)C(=O)c1ccnc(Cl)c1. The minimum absolute atomic E-state index is 0.109. The number of carbonyl (C=O) groups is 1. The van der Waals surface area contributed by atoms with Crippen molar-refractivity contribution in [3.8, 4) is 0 Å². The molecule has 0 bridgehead atoms. The third-order valence-corrected chi connectivity index (χ3v) is 2.83. The smallest absolute Gasteiger partial charge is 0.254 e. The first kappa shape index (κ1) is 12.6. The number of imidazole rings is 1. The van der Waals surface area contributed by atoms with Crippen LogP contribution < -0.4 is 0 Å². The summed E-state index contributed by atoms with van der Waals surface area (Å²) in [6, 6.07) is 3.20. The van der Waals surface area contributed by atoms with Gasteiger partial charge in [-0.25, -0.2) is 9.97 Å². The summed E-state index contributed by atoms with van der Waals surface area (Å²) < 4.78 is 1.88. The lowest BCUT2D eigenvalue weighted by Gasteiger charge is -2.16. The van der Waals surface area contributed by atoms with Gasteiger partial charge in [0.1, 0.15) is 11.0 Å². The van der Waals surface area contributed by atoms with Gasteiger partial charge < -0.3 is 9.47 Å². The fourth-order valence-corrected chi connectivity index (χ4v) is 1.76. The van der Waals surface area contributed by atoms with Crippen LogP contribution in [0.5, 0.6) is 0 Å². The summed E-state index contributed by atoms with van der Waals surface area (Å²) in [5.41, 5.74) is 0.520. The van der Waals surface area contributed by atoms with Gasteiger partial charge in [0.05, 0.1) is 6.54 Å². The molecule has 1 amide bonds. The van der Waals surface area contributed by atoms with E-state index >= 15 is 0 Å².